The Kier molecular flexibility index (Phi) is 5.23. The second-order valence-corrected chi connectivity index (χ2v) is 5.23. The van der Waals surface area contributed by atoms with Crippen molar-refractivity contribution >= 4 is 5.69 Å². The van der Waals surface area contributed by atoms with Crippen LogP contribution in [0, 0.1) is 6.92 Å². The van der Waals surface area contributed by atoms with Crippen molar-refractivity contribution in [2.45, 2.75) is 44.8 Å². The largest absolute Gasteiger partial charge is 0.389 e. The van der Waals surface area contributed by atoms with E-state index in [1.807, 2.05) is 38.1 Å². The Labute approximate surface area is 112 Å². The third-order valence-corrected chi connectivity index (χ3v) is 3.10. The van der Waals surface area contributed by atoms with E-state index in [-0.39, 0.29) is 6.42 Å². The van der Waals surface area contributed by atoms with Crippen molar-refractivity contribution in [1.82, 2.24) is 0 Å². The average molecular weight is 274 g/mol. The van der Waals surface area contributed by atoms with Crippen molar-refractivity contribution in [3.63, 3.8) is 0 Å². The lowest BCUT2D eigenvalue weighted by Gasteiger charge is -2.31. The third-order valence-electron chi connectivity index (χ3n) is 3.10. The minimum absolute atomic E-state index is 0.0794. The Bertz CT molecular complexity index is 404. The molecule has 1 aromatic carbocycles. The molecule has 0 fully saturated rings. The summed E-state index contributed by atoms with van der Waals surface area (Å²) in [4.78, 5) is 0. The molecule has 0 aliphatic carbocycles. The van der Waals surface area contributed by atoms with Gasteiger partial charge in [-0.3, -0.25) is 0 Å². The zero-order valence-electron chi connectivity index (χ0n) is 11.3. The van der Waals surface area contributed by atoms with Gasteiger partial charge in [-0.2, -0.15) is 13.2 Å². The highest BCUT2D eigenvalue weighted by Gasteiger charge is 2.29. The molecule has 0 amide bonds. The topological polar surface area (TPSA) is 38.0 Å². The molecule has 5 heteroatoms. The van der Waals surface area contributed by atoms with E-state index in [1.54, 1.807) is 0 Å². The number of nitrogens with one attached hydrogen (secondary N) is 1. The van der Waals surface area contributed by atoms with E-state index in [9.17, 15) is 13.2 Å². The minimum atomic E-state index is -4.10. The first-order valence-electron chi connectivity index (χ1n) is 6.36. The maximum atomic E-state index is 12.2. The highest BCUT2D eigenvalue weighted by atomic mass is 19.4. The van der Waals surface area contributed by atoms with E-state index in [1.165, 1.54) is 0 Å². The van der Waals surface area contributed by atoms with Crippen LogP contribution in [-0.4, -0.2) is 18.3 Å². The van der Waals surface area contributed by atoms with Crippen molar-refractivity contribution in [2.24, 2.45) is 5.73 Å². The molecule has 0 radical (unpaired) electrons. The molecule has 0 aliphatic heterocycles. The number of rotatable bonds is 6. The van der Waals surface area contributed by atoms with Crippen LogP contribution in [0.2, 0.25) is 0 Å². The highest BCUT2D eigenvalue weighted by Crippen LogP contribution is 2.26. The van der Waals surface area contributed by atoms with Crippen LogP contribution >= 0.6 is 0 Å². The summed E-state index contributed by atoms with van der Waals surface area (Å²) in [6.07, 6.45) is -4.40. The quantitative estimate of drug-likeness (QED) is 0.826. The average Bonchev–Trinajstić information content (AvgIpc) is 2.27. The van der Waals surface area contributed by atoms with Crippen molar-refractivity contribution in [2.75, 3.05) is 11.9 Å². The van der Waals surface area contributed by atoms with E-state index in [0.29, 0.717) is 13.0 Å². The molecule has 0 heterocycles. The van der Waals surface area contributed by atoms with Crippen molar-refractivity contribution < 1.29 is 13.2 Å². The highest BCUT2D eigenvalue weighted by molar-refractivity contribution is 5.47. The molecule has 108 valence electrons. The first-order chi connectivity index (χ1) is 8.74. The summed E-state index contributed by atoms with van der Waals surface area (Å²) in [5.74, 6) is 0. The second-order valence-electron chi connectivity index (χ2n) is 5.23. The van der Waals surface area contributed by atoms with Gasteiger partial charge < -0.3 is 11.1 Å². The molecule has 0 saturated heterocycles. The normalized spacial score (nSPS) is 15.1. The van der Waals surface area contributed by atoms with Gasteiger partial charge in [0.2, 0.25) is 0 Å². The fourth-order valence-corrected chi connectivity index (χ4v) is 1.97. The van der Waals surface area contributed by atoms with Gasteiger partial charge in [0.15, 0.2) is 0 Å². The van der Waals surface area contributed by atoms with Gasteiger partial charge in [0.25, 0.3) is 0 Å². The third kappa shape index (κ3) is 5.96. The monoisotopic (exact) mass is 274 g/mol. The summed E-state index contributed by atoms with van der Waals surface area (Å²) >= 11 is 0. The van der Waals surface area contributed by atoms with Gasteiger partial charge in [0, 0.05) is 24.2 Å². The van der Waals surface area contributed by atoms with Crippen LogP contribution < -0.4 is 11.1 Å². The van der Waals surface area contributed by atoms with E-state index in [2.05, 4.69) is 5.32 Å². The summed E-state index contributed by atoms with van der Waals surface area (Å²) in [5, 5.41) is 3.24. The number of aryl methyl sites for hydroxylation is 1. The number of hydrogen-bond acceptors (Lipinski definition) is 2. The van der Waals surface area contributed by atoms with Crippen molar-refractivity contribution in [3.05, 3.63) is 29.8 Å². The number of nitrogens with two attached hydrogens (primary N) is 1. The number of benzene rings is 1. The van der Waals surface area contributed by atoms with Gasteiger partial charge in [-0.25, -0.2) is 0 Å². The van der Waals surface area contributed by atoms with Crippen LogP contribution in [-0.2, 0) is 0 Å². The molecule has 19 heavy (non-hydrogen) atoms. The summed E-state index contributed by atoms with van der Waals surface area (Å²) < 4.78 is 36.5. The number of hydrogen-bond donors (Lipinski definition) is 2. The first-order valence-corrected chi connectivity index (χ1v) is 6.36. The van der Waals surface area contributed by atoms with E-state index in [0.717, 1.165) is 11.3 Å². The standard InChI is InChI=1S/C14H21F3N2/c1-11-5-3-6-12(9-11)19-13(2,10-18)7-4-8-14(15,16)17/h3,5-6,9,19H,4,7-8,10,18H2,1-2H3. The molecule has 1 rings (SSSR count). The lowest BCUT2D eigenvalue weighted by Crippen LogP contribution is -2.42. The van der Waals surface area contributed by atoms with Gasteiger partial charge in [-0.15, -0.1) is 0 Å². The predicted molar refractivity (Wildman–Crippen MR) is 72.2 cm³/mol. The summed E-state index contributed by atoms with van der Waals surface area (Å²) in [6, 6.07) is 7.72. The number of alkyl halides is 3. The molecule has 0 aliphatic rings. The zero-order valence-corrected chi connectivity index (χ0v) is 11.3. The molecule has 3 N–H and O–H groups in total. The van der Waals surface area contributed by atoms with Gasteiger partial charge >= 0.3 is 6.18 Å². The Morgan fingerprint density at radius 1 is 1.21 bits per heavy atom. The van der Waals surface area contributed by atoms with Crippen LogP contribution in [0.5, 0.6) is 0 Å². The Balaban J connectivity index is 2.60. The maximum Gasteiger partial charge on any atom is 0.389 e. The molecule has 2 nitrogen and oxygen atoms in total. The molecule has 0 aromatic heterocycles. The smallest absolute Gasteiger partial charge is 0.379 e. The van der Waals surface area contributed by atoms with Gasteiger partial charge in [0.1, 0.15) is 0 Å². The molecule has 1 atom stereocenters. The first kappa shape index (κ1) is 15.8. The summed E-state index contributed by atoms with van der Waals surface area (Å²) in [7, 11) is 0. The SMILES string of the molecule is Cc1cccc(NC(C)(CN)CCCC(F)(F)F)c1. The van der Waals surface area contributed by atoms with Crippen LogP contribution in [0.3, 0.4) is 0 Å². The van der Waals surface area contributed by atoms with E-state index in [4.69, 9.17) is 5.73 Å². The predicted octanol–water partition coefficient (Wildman–Crippen LogP) is 3.86. The molecular formula is C14H21F3N2. The van der Waals surface area contributed by atoms with Crippen LogP contribution in [0.25, 0.3) is 0 Å². The van der Waals surface area contributed by atoms with E-state index >= 15 is 0 Å². The molecule has 0 saturated carbocycles. The molecular weight excluding hydrogens is 253 g/mol. The molecule has 0 bridgehead atoms. The van der Waals surface area contributed by atoms with Crippen LogP contribution in [0.1, 0.15) is 31.7 Å². The van der Waals surface area contributed by atoms with Gasteiger partial charge in [-0.1, -0.05) is 12.1 Å². The van der Waals surface area contributed by atoms with E-state index < -0.39 is 18.1 Å². The Morgan fingerprint density at radius 3 is 2.42 bits per heavy atom. The number of anilines is 1. The molecule has 0 spiro atoms. The van der Waals surface area contributed by atoms with Crippen LogP contribution in [0.4, 0.5) is 18.9 Å². The Hall–Kier alpha value is -1.23. The van der Waals surface area contributed by atoms with Gasteiger partial charge in [-0.05, 0) is 44.4 Å². The zero-order chi connectivity index (χ0) is 14.5. The second kappa shape index (κ2) is 6.28. The van der Waals surface area contributed by atoms with Crippen molar-refractivity contribution in [3.8, 4) is 0 Å². The molecule has 1 aromatic rings. The fourth-order valence-electron chi connectivity index (χ4n) is 1.97. The maximum absolute atomic E-state index is 12.2. The Morgan fingerprint density at radius 2 is 1.89 bits per heavy atom. The van der Waals surface area contributed by atoms with Gasteiger partial charge in [0.05, 0.1) is 0 Å². The summed E-state index contributed by atoms with van der Waals surface area (Å²) in [5.41, 5.74) is 7.17. The minimum Gasteiger partial charge on any atom is -0.379 e. The lowest BCUT2D eigenvalue weighted by molar-refractivity contribution is -0.136. The molecule has 1 unspecified atom stereocenters. The lowest BCUT2D eigenvalue weighted by atomic mass is 9.94. The fraction of sp³-hybridized carbons (Fsp3) is 0.571. The van der Waals surface area contributed by atoms with Crippen molar-refractivity contribution in [1.29, 1.82) is 0 Å². The number of halogens is 3. The van der Waals surface area contributed by atoms with Crippen LogP contribution in [0.15, 0.2) is 24.3 Å². The summed E-state index contributed by atoms with van der Waals surface area (Å²) in [6.45, 7) is 4.11.